The lowest BCUT2D eigenvalue weighted by molar-refractivity contribution is 0.381. The number of aliphatic imine (C=N–C) groups is 1. The monoisotopic (exact) mass is 251 g/mol. The summed E-state index contributed by atoms with van der Waals surface area (Å²) in [7, 11) is 0. The van der Waals surface area contributed by atoms with Gasteiger partial charge in [-0.25, -0.2) is 0 Å². The summed E-state index contributed by atoms with van der Waals surface area (Å²) < 4.78 is 5.15. The Morgan fingerprint density at radius 3 is 3.35 bits per heavy atom. The molecule has 1 aliphatic carbocycles. The number of thioether (sulfide) groups is 1. The number of nitrogens with one attached hydrogen (secondary N) is 1. The van der Waals surface area contributed by atoms with Crippen molar-refractivity contribution in [3.63, 3.8) is 0 Å². The SMILES string of the molecule is Cc1cc(CN=C2NC3CCCC3CS2)on1. The number of aryl methyl sites for hydroxylation is 1. The highest BCUT2D eigenvalue weighted by molar-refractivity contribution is 8.13. The van der Waals surface area contributed by atoms with E-state index in [0.29, 0.717) is 12.6 Å². The van der Waals surface area contributed by atoms with Crippen LogP contribution in [0.2, 0.25) is 0 Å². The van der Waals surface area contributed by atoms with Crippen LogP contribution in [0.3, 0.4) is 0 Å². The molecule has 2 unspecified atom stereocenters. The van der Waals surface area contributed by atoms with Crippen LogP contribution in [0.4, 0.5) is 0 Å². The molecule has 2 fully saturated rings. The lowest BCUT2D eigenvalue weighted by atomic mass is 10.1. The van der Waals surface area contributed by atoms with Crippen molar-refractivity contribution in [1.29, 1.82) is 0 Å². The summed E-state index contributed by atoms with van der Waals surface area (Å²) in [5, 5.41) is 8.48. The average molecular weight is 251 g/mol. The first-order valence-electron chi connectivity index (χ1n) is 6.17. The molecule has 92 valence electrons. The summed E-state index contributed by atoms with van der Waals surface area (Å²) in [4.78, 5) is 4.56. The number of fused-ring (bicyclic) bond motifs is 1. The van der Waals surface area contributed by atoms with E-state index in [1.54, 1.807) is 0 Å². The maximum Gasteiger partial charge on any atom is 0.158 e. The van der Waals surface area contributed by atoms with Crippen LogP contribution in [0.15, 0.2) is 15.6 Å². The molecule has 0 radical (unpaired) electrons. The Morgan fingerprint density at radius 2 is 2.53 bits per heavy atom. The largest absolute Gasteiger partial charge is 0.362 e. The maximum atomic E-state index is 5.15. The molecule has 1 saturated heterocycles. The highest BCUT2D eigenvalue weighted by atomic mass is 32.2. The van der Waals surface area contributed by atoms with Gasteiger partial charge < -0.3 is 9.84 Å². The van der Waals surface area contributed by atoms with Gasteiger partial charge in [0.05, 0.1) is 5.69 Å². The van der Waals surface area contributed by atoms with Crippen molar-refractivity contribution in [2.24, 2.45) is 10.9 Å². The van der Waals surface area contributed by atoms with Gasteiger partial charge in [-0.15, -0.1) is 0 Å². The molecule has 5 heteroatoms. The van der Waals surface area contributed by atoms with Crippen molar-refractivity contribution in [1.82, 2.24) is 10.5 Å². The van der Waals surface area contributed by atoms with Crippen LogP contribution in [-0.2, 0) is 6.54 Å². The van der Waals surface area contributed by atoms with Gasteiger partial charge in [-0.2, -0.15) is 0 Å². The van der Waals surface area contributed by atoms with Crippen LogP contribution < -0.4 is 5.32 Å². The number of aromatic nitrogens is 1. The number of nitrogens with zero attached hydrogens (tertiary/aromatic N) is 2. The Morgan fingerprint density at radius 1 is 1.59 bits per heavy atom. The van der Waals surface area contributed by atoms with E-state index in [2.05, 4.69) is 15.5 Å². The molecule has 2 aliphatic rings. The second-order valence-corrected chi connectivity index (χ2v) is 5.82. The first-order valence-corrected chi connectivity index (χ1v) is 7.16. The van der Waals surface area contributed by atoms with E-state index >= 15 is 0 Å². The molecule has 17 heavy (non-hydrogen) atoms. The molecular formula is C12H17N3OS. The van der Waals surface area contributed by atoms with Crippen molar-refractivity contribution >= 4 is 16.9 Å². The van der Waals surface area contributed by atoms with Crippen molar-refractivity contribution in [3.05, 3.63) is 17.5 Å². The van der Waals surface area contributed by atoms with E-state index in [1.807, 2.05) is 24.8 Å². The summed E-state index contributed by atoms with van der Waals surface area (Å²) >= 11 is 1.84. The smallest absolute Gasteiger partial charge is 0.158 e. The number of hydrogen-bond donors (Lipinski definition) is 1. The van der Waals surface area contributed by atoms with Gasteiger partial charge in [-0.3, -0.25) is 4.99 Å². The summed E-state index contributed by atoms with van der Waals surface area (Å²) in [5.74, 6) is 2.91. The van der Waals surface area contributed by atoms with Gasteiger partial charge in [0.2, 0.25) is 0 Å². The lowest BCUT2D eigenvalue weighted by Gasteiger charge is -2.27. The van der Waals surface area contributed by atoms with Crippen molar-refractivity contribution in [3.8, 4) is 0 Å². The Bertz CT molecular complexity index is 429. The highest BCUT2D eigenvalue weighted by Gasteiger charge is 2.31. The quantitative estimate of drug-likeness (QED) is 0.876. The van der Waals surface area contributed by atoms with Gasteiger partial charge in [-0.05, 0) is 25.7 Å². The summed E-state index contributed by atoms with van der Waals surface area (Å²) in [6.45, 7) is 2.52. The first kappa shape index (κ1) is 11.1. The zero-order chi connectivity index (χ0) is 11.7. The Hall–Kier alpha value is -0.970. The van der Waals surface area contributed by atoms with Crippen LogP contribution in [0.5, 0.6) is 0 Å². The summed E-state index contributed by atoms with van der Waals surface area (Å²) in [5.41, 5.74) is 0.917. The fraction of sp³-hybridized carbons (Fsp3) is 0.667. The molecule has 1 aliphatic heterocycles. The maximum absolute atomic E-state index is 5.15. The van der Waals surface area contributed by atoms with Crippen LogP contribution >= 0.6 is 11.8 Å². The normalized spacial score (nSPS) is 30.3. The fourth-order valence-corrected chi connectivity index (χ4v) is 3.71. The minimum Gasteiger partial charge on any atom is -0.362 e. The zero-order valence-corrected chi connectivity index (χ0v) is 10.8. The van der Waals surface area contributed by atoms with E-state index in [9.17, 15) is 0 Å². The van der Waals surface area contributed by atoms with E-state index in [1.165, 1.54) is 25.0 Å². The van der Waals surface area contributed by atoms with E-state index in [-0.39, 0.29) is 0 Å². The second kappa shape index (κ2) is 4.72. The Kier molecular flexibility index (Phi) is 3.09. The summed E-state index contributed by atoms with van der Waals surface area (Å²) in [6, 6.07) is 2.60. The predicted molar refractivity (Wildman–Crippen MR) is 69.1 cm³/mol. The molecule has 0 bridgehead atoms. The third kappa shape index (κ3) is 2.49. The zero-order valence-electron chi connectivity index (χ0n) is 9.98. The van der Waals surface area contributed by atoms with Crippen molar-refractivity contribution in [2.45, 2.75) is 38.8 Å². The van der Waals surface area contributed by atoms with Gasteiger partial charge in [0, 0.05) is 17.9 Å². The van der Waals surface area contributed by atoms with Gasteiger partial charge in [-0.1, -0.05) is 23.3 Å². The van der Waals surface area contributed by atoms with E-state index in [4.69, 9.17) is 4.52 Å². The molecule has 1 saturated carbocycles. The molecule has 1 aromatic heterocycles. The molecule has 3 rings (SSSR count). The molecule has 2 atom stereocenters. The third-order valence-corrected chi connectivity index (χ3v) is 4.57. The molecular weight excluding hydrogens is 234 g/mol. The molecule has 1 aromatic rings. The fourth-order valence-electron chi connectivity index (χ4n) is 2.54. The van der Waals surface area contributed by atoms with Gasteiger partial charge in [0.25, 0.3) is 0 Å². The Labute approximate surface area is 105 Å². The minimum atomic E-state index is 0.591. The molecule has 2 heterocycles. The number of rotatable bonds is 2. The van der Waals surface area contributed by atoms with E-state index < -0.39 is 0 Å². The summed E-state index contributed by atoms with van der Waals surface area (Å²) in [6.07, 6.45) is 4.03. The van der Waals surface area contributed by atoms with Gasteiger partial charge in [0.15, 0.2) is 10.9 Å². The lowest BCUT2D eigenvalue weighted by Crippen LogP contribution is -2.41. The average Bonchev–Trinajstić information content (AvgIpc) is 2.94. The highest BCUT2D eigenvalue weighted by Crippen LogP contribution is 2.32. The predicted octanol–water partition coefficient (Wildman–Crippen LogP) is 2.34. The number of hydrogen-bond acceptors (Lipinski definition) is 4. The molecule has 0 spiro atoms. The Balaban J connectivity index is 1.61. The van der Waals surface area contributed by atoms with Crippen LogP contribution in [0, 0.1) is 12.8 Å². The standard InChI is InChI=1S/C12H17N3OS/c1-8-5-10(16-15-8)6-13-12-14-11-4-2-3-9(11)7-17-12/h5,9,11H,2-4,6-7H2,1H3,(H,13,14). The van der Waals surface area contributed by atoms with Crippen LogP contribution in [0.25, 0.3) is 0 Å². The van der Waals surface area contributed by atoms with Crippen LogP contribution in [-0.4, -0.2) is 22.1 Å². The molecule has 1 N–H and O–H groups in total. The molecule has 0 aromatic carbocycles. The van der Waals surface area contributed by atoms with Gasteiger partial charge >= 0.3 is 0 Å². The van der Waals surface area contributed by atoms with E-state index in [0.717, 1.165) is 22.5 Å². The van der Waals surface area contributed by atoms with Gasteiger partial charge in [0.1, 0.15) is 6.54 Å². The van der Waals surface area contributed by atoms with Crippen LogP contribution in [0.1, 0.15) is 30.7 Å². The minimum absolute atomic E-state index is 0.591. The van der Waals surface area contributed by atoms with Crippen molar-refractivity contribution < 1.29 is 4.52 Å². The molecule has 0 amide bonds. The third-order valence-electron chi connectivity index (χ3n) is 3.46. The second-order valence-electron chi connectivity index (χ2n) is 4.81. The first-order chi connectivity index (χ1) is 8.31. The molecule has 4 nitrogen and oxygen atoms in total. The van der Waals surface area contributed by atoms with Crippen molar-refractivity contribution in [2.75, 3.05) is 5.75 Å². The number of amidine groups is 1. The topological polar surface area (TPSA) is 50.4 Å².